The lowest BCUT2D eigenvalue weighted by Gasteiger charge is -2.14. The minimum atomic E-state index is 0.298. The molecule has 1 aliphatic heterocycles. The standard InChI is InChI=1S/C13H16N2O/c1-9-5-11(9)6-13(16)15-7-10-3-2-4-14-12(10)8-15/h2-4,9,11H,5-8H2,1H3/t9-,11+/m1/s1. The van der Waals surface area contributed by atoms with Crippen LogP contribution in [0, 0.1) is 11.8 Å². The molecule has 0 aromatic carbocycles. The van der Waals surface area contributed by atoms with Crippen LogP contribution in [0.3, 0.4) is 0 Å². The summed E-state index contributed by atoms with van der Waals surface area (Å²) in [6, 6.07) is 4.01. The molecule has 3 rings (SSSR count). The van der Waals surface area contributed by atoms with Crippen LogP contribution in [0.1, 0.15) is 31.0 Å². The van der Waals surface area contributed by atoms with E-state index in [2.05, 4.69) is 18.0 Å². The van der Waals surface area contributed by atoms with Gasteiger partial charge in [0.1, 0.15) is 0 Å². The summed E-state index contributed by atoms with van der Waals surface area (Å²) in [5.41, 5.74) is 2.28. The molecule has 3 heteroatoms. The number of rotatable bonds is 2. The first-order chi connectivity index (χ1) is 7.74. The van der Waals surface area contributed by atoms with Crippen molar-refractivity contribution in [3.63, 3.8) is 0 Å². The lowest BCUT2D eigenvalue weighted by atomic mass is 10.2. The van der Waals surface area contributed by atoms with E-state index in [9.17, 15) is 4.79 Å². The van der Waals surface area contributed by atoms with Crippen molar-refractivity contribution in [2.45, 2.75) is 32.9 Å². The summed E-state index contributed by atoms with van der Waals surface area (Å²) < 4.78 is 0. The molecule has 0 unspecified atom stereocenters. The van der Waals surface area contributed by atoms with Crippen LogP contribution >= 0.6 is 0 Å². The molecule has 1 aliphatic carbocycles. The van der Waals surface area contributed by atoms with Crippen LogP contribution in [0.2, 0.25) is 0 Å². The van der Waals surface area contributed by atoms with E-state index in [4.69, 9.17) is 0 Å². The van der Waals surface area contributed by atoms with Crippen molar-refractivity contribution < 1.29 is 4.79 Å². The summed E-state index contributed by atoms with van der Waals surface area (Å²) >= 11 is 0. The summed E-state index contributed by atoms with van der Waals surface area (Å²) in [6.45, 7) is 3.68. The normalized spacial score (nSPS) is 26.7. The van der Waals surface area contributed by atoms with E-state index in [1.54, 1.807) is 6.20 Å². The highest BCUT2D eigenvalue weighted by Crippen LogP contribution is 2.41. The Morgan fingerprint density at radius 3 is 3.06 bits per heavy atom. The maximum atomic E-state index is 12.0. The number of aromatic nitrogens is 1. The minimum absolute atomic E-state index is 0.298. The topological polar surface area (TPSA) is 33.2 Å². The molecular weight excluding hydrogens is 200 g/mol. The molecule has 1 fully saturated rings. The van der Waals surface area contributed by atoms with Gasteiger partial charge in [-0.25, -0.2) is 0 Å². The number of fused-ring (bicyclic) bond motifs is 1. The van der Waals surface area contributed by atoms with E-state index < -0.39 is 0 Å². The fourth-order valence-electron chi connectivity index (χ4n) is 2.41. The predicted molar refractivity (Wildman–Crippen MR) is 60.4 cm³/mol. The average Bonchev–Trinajstić information content (AvgIpc) is 2.82. The highest BCUT2D eigenvalue weighted by atomic mass is 16.2. The molecular formula is C13H16N2O. The van der Waals surface area contributed by atoms with Gasteiger partial charge in [0, 0.05) is 19.2 Å². The second kappa shape index (κ2) is 3.58. The molecule has 84 valence electrons. The van der Waals surface area contributed by atoms with Crippen LogP contribution in [0.4, 0.5) is 0 Å². The number of hydrogen-bond acceptors (Lipinski definition) is 2. The van der Waals surface area contributed by atoms with E-state index in [1.807, 2.05) is 11.0 Å². The second-order valence-electron chi connectivity index (χ2n) is 5.04. The molecule has 1 amide bonds. The van der Waals surface area contributed by atoms with E-state index in [-0.39, 0.29) is 0 Å². The van der Waals surface area contributed by atoms with E-state index >= 15 is 0 Å². The molecule has 1 aromatic rings. The Bertz CT molecular complexity index is 405. The van der Waals surface area contributed by atoms with Gasteiger partial charge >= 0.3 is 0 Å². The van der Waals surface area contributed by atoms with Crippen molar-refractivity contribution in [2.24, 2.45) is 11.8 Å². The summed E-state index contributed by atoms with van der Waals surface area (Å²) in [5.74, 6) is 1.70. The van der Waals surface area contributed by atoms with Crippen molar-refractivity contribution in [1.82, 2.24) is 9.88 Å². The summed E-state index contributed by atoms with van der Waals surface area (Å²) in [7, 11) is 0. The molecule has 0 saturated heterocycles. The Hall–Kier alpha value is -1.38. The van der Waals surface area contributed by atoms with E-state index in [1.165, 1.54) is 12.0 Å². The Balaban J connectivity index is 1.64. The quantitative estimate of drug-likeness (QED) is 0.757. The third-order valence-corrected chi connectivity index (χ3v) is 3.75. The average molecular weight is 216 g/mol. The molecule has 2 heterocycles. The number of carbonyl (C=O) groups excluding carboxylic acids is 1. The lowest BCUT2D eigenvalue weighted by molar-refractivity contribution is -0.132. The van der Waals surface area contributed by atoms with Crippen molar-refractivity contribution in [3.8, 4) is 0 Å². The molecule has 1 saturated carbocycles. The molecule has 0 spiro atoms. The third-order valence-electron chi connectivity index (χ3n) is 3.75. The SMILES string of the molecule is C[C@@H]1C[C@H]1CC(=O)N1Cc2cccnc2C1. The van der Waals surface area contributed by atoms with Crippen molar-refractivity contribution >= 4 is 5.91 Å². The molecule has 1 aromatic heterocycles. The zero-order valence-electron chi connectivity index (χ0n) is 9.52. The van der Waals surface area contributed by atoms with Gasteiger partial charge in [0.2, 0.25) is 5.91 Å². The van der Waals surface area contributed by atoms with Gasteiger partial charge in [-0.1, -0.05) is 13.0 Å². The van der Waals surface area contributed by atoms with Crippen molar-refractivity contribution in [1.29, 1.82) is 0 Å². The van der Waals surface area contributed by atoms with Crippen LogP contribution in [-0.2, 0) is 17.9 Å². The smallest absolute Gasteiger partial charge is 0.223 e. The van der Waals surface area contributed by atoms with Crippen LogP contribution in [0.25, 0.3) is 0 Å². The first-order valence-electron chi connectivity index (χ1n) is 5.94. The molecule has 16 heavy (non-hydrogen) atoms. The van der Waals surface area contributed by atoms with Crippen LogP contribution in [0.5, 0.6) is 0 Å². The molecule has 2 atom stereocenters. The molecule has 0 N–H and O–H groups in total. The molecule has 2 aliphatic rings. The van der Waals surface area contributed by atoms with Gasteiger partial charge in [-0.05, 0) is 29.9 Å². The van der Waals surface area contributed by atoms with Gasteiger partial charge in [-0.2, -0.15) is 0 Å². The fraction of sp³-hybridized carbons (Fsp3) is 0.538. The minimum Gasteiger partial charge on any atom is -0.332 e. The maximum Gasteiger partial charge on any atom is 0.223 e. The number of pyridine rings is 1. The summed E-state index contributed by atoms with van der Waals surface area (Å²) in [6.07, 6.45) is 3.76. The first-order valence-corrected chi connectivity index (χ1v) is 5.94. The third kappa shape index (κ3) is 1.70. The van der Waals surface area contributed by atoms with Crippen LogP contribution < -0.4 is 0 Å². The molecule has 3 nitrogen and oxygen atoms in total. The maximum absolute atomic E-state index is 12.0. The summed E-state index contributed by atoms with van der Waals surface area (Å²) in [5, 5.41) is 0. The highest BCUT2D eigenvalue weighted by Gasteiger charge is 2.36. The van der Waals surface area contributed by atoms with Gasteiger partial charge in [0.25, 0.3) is 0 Å². The second-order valence-corrected chi connectivity index (χ2v) is 5.04. The van der Waals surface area contributed by atoms with Crippen LogP contribution in [-0.4, -0.2) is 15.8 Å². The molecule has 0 bridgehead atoms. The lowest BCUT2D eigenvalue weighted by Crippen LogP contribution is -2.25. The Morgan fingerprint density at radius 1 is 1.56 bits per heavy atom. The Morgan fingerprint density at radius 2 is 2.38 bits per heavy atom. The largest absolute Gasteiger partial charge is 0.332 e. The van der Waals surface area contributed by atoms with Crippen LogP contribution in [0.15, 0.2) is 18.3 Å². The van der Waals surface area contributed by atoms with E-state index in [0.717, 1.165) is 24.6 Å². The predicted octanol–water partition coefficient (Wildman–Crippen LogP) is 1.97. The zero-order chi connectivity index (χ0) is 11.1. The van der Waals surface area contributed by atoms with Gasteiger partial charge < -0.3 is 4.90 Å². The first kappa shape index (κ1) is 9.82. The number of amides is 1. The van der Waals surface area contributed by atoms with Gasteiger partial charge in [-0.15, -0.1) is 0 Å². The molecule has 0 radical (unpaired) electrons. The van der Waals surface area contributed by atoms with Gasteiger partial charge in [0.15, 0.2) is 0 Å². The fourth-order valence-corrected chi connectivity index (χ4v) is 2.41. The monoisotopic (exact) mass is 216 g/mol. The Kier molecular flexibility index (Phi) is 2.20. The number of hydrogen-bond donors (Lipinski definition) is 0. The number of nitrogens with zero attached hydrogens (tertiary/aromatic N) is 2. The summed E-state index contributed by atoms with van der Waals surface area (Å²) in [4.78, 5) is 18.2. The highest BCUT2D eigenvalue weighted by molar-refractivity contribution is 5.77. The van der Waals surface area contributed by atoms with Gasteiger partial charge in [0.05, 0.1) is 12.2 Å². The number of carbonyl (C=O) groups is 1. The van der Waals surface area contributed by atoms with Crippen molar-refractivity contribution in [2.75, 3.05) is 0 Å². The van der Waals surface area contributed by atoms with E-state index in [0.29, 0.717) is 18.4 Å². The Labute approximate surface area is 95.5 Å². The van der Waals surface area contributed by atoms with Crippen molar-refractivity contribution in [3.05, 3.63) is 29.6 Å². The van der Waals surface area contributed by atoms with Gasteiger partial charge in [-0.3, -0.25) is 9.78 Å². The zero-order valence-corrected chi connectivity index (χ0v) is 9.52.